The molecular weight excluding hydrogens is 384 g/mol. The average Bonchev–Trinajstić information content (AvgIpc) is 3.25. The van der Waals surface area contributed by atoms with E-state index in [2.05, 4.69) is 15.7 Å². The van der Waals surface area contributed by atoms with Crippen LogP contribution in [0.5, 0.6) is 5.75 Å². The molecule has 2 aliphatic rings. The van der Waals surface area contributed by atoms with Crippen LogP contribution < -0.4 is 9.46 Å². The average molecular weight is 415 g/mol. The quantitative estimate of drug-likeness (QED) is 0.751. The predicted molar refractivity (Wildman–Crippen MR) is 115 cm³/mol. The van der Waals surface area contributed by atoms with Crippen LogP contribution in [0.3, 0.4) is 0 Å². The van der Waals surface area contributed by atoms with Gasteiger partial charge in [0.05, 0.1) is 7.11 Å². The first-order chi connectivity index (χ1) is 14.1. The summed E-state index contributed by atoms with van der Waals surface area (Å²) in [4.78, 5) is 2.68. The molecule has 1 heterocycles. The van der Waals surface area contributed by atoms with E-state index in [4.69, 9.17) is 4.74 Å². The van der Waals surface area contributed by atoms with Crippen molar-refractivity contribution < 1.29 is 13.2 Å². The summed E-state index contributed by atoms with van der Waals surface area (Å²) >= 11 is 0. The van der Waals surface area contributed by atoms with E-state index in [1.165, 1.54) is 31.1 Å². The van der Waals surface area contributed by atoms with Gasteiger partial charge in [0.25, 0.3) is 0 Å². The Hall–Kier alpha value is -1.89. The second kappa shape index (κ2) is 8.86. The van der Waals surface area contributed by atoms with Crippen LogP contribution in [-0.4, -0.2) is 33.5 Å². The zero-order valence-corrected chi connectivity index (χ0v) is 17.9. The van der Waals surface area contributed by atoms with Gasteiger partial charge in [0.15, 0.2) is 0 Å². The third-order valence-corrected chi connectivity index (χ3v) is 7.50. The van der Waals surface area contributed by atoms with Crippen LogP contribution in [0.4, 0.5) is 0 Å². The molecule has 0 amide bonds. The van der Waals surface area contributed by atoms with Crippen molar-refractivity contribution in [3.05, 3.63) is 58.7 Å². The largest absolute Gasteiger partial charge is 0.495 e. The fraction of sp³-hybridized carbons (Fsp3) is 0.478. The van der Waals surface area contributed by atoms with E-state index in [1.807, 2.05) is 30.3 Å². The zero-order chi connectivity index (χ0) is 20.3. The highest BCUT2D eigenvalue weighted by Crippen LogP contribution is 2.32. The van der Waals surface area contributed by atoms with Gasteiger partial charge in [-0.15, -0.1) is 0 Å². The number of likely N-dealkylation sites (tertiary alicyclic amines) is 1. The Balaban J connectivity index is 1.54. The first-order valence-corrected chi connectivity index (χ1v) is 12.0. The molecule has 2 aromatic carbocycles. The molecule has 29 heavy (non-hydrogen) atoms. The van der Waals surface area contributed by atoms with Crippen molar-refractivity contribution in [2.45, 2.75) is 56.5 Å². The maximum Gasteiger partial charge on any atom is 0.244 e. The Morgan fingerprint density at radius 1 is 0.966 bits per heavy atom. The monoisotopic (exact) mass is 414 g/mol. The van der Waals surface area contributed by atoms with Gasteiger partial charge in [-0.05, 0) is 86.0 Å². The number of benzene rings is 2. The highest BCUT2D eigenvalue weighted by Gasteiger charge is 2.23. The first kappa shape index (κ1) is 20.4. The number of sulfonamides is 1. The molecule has 0 bridgehead atoms. The van der Waals surface area contributed by atoms with Gasteiger partial charge in [0, 0.05) is 13.1 Å². The van der Waals surface area contributed by atoms with Crippen LogP contribution in [0.2, 0.25) is 0 Å². The van der Waals surface area contributed by atoms with E-state index < -0.39 is 10.0 Å². The third-order valence-electron chi connectivity index (χ3n) is 6.08. The van der Waals surface area contributed by atoms with E-state index in [-0.39, 0.29) is 11.4 Å². The molecule has 4 rings (SSSR count). The molecule has 1 saturated heterocycles. The fourth-order valence-electron chi connectivity index (χ4n) is 4.43. The van der Waals surface area contributed by atoms with E-state index in [1.54, 1.807) is 0 Å². The minimum absolute atomic E-state index is 0.248. The van der Waals surface area contributed by atoms with Crippen molar-refractivity contribution in [3.63, 3.8) is 0 Å². The third kappa shape index (κ3) is 4.65. The van der Waals surface area contributed by atoms with Gasteiger partial charge in [-0.25, -0.2) is 13.1 Å². The summed E-state index contributed by atoms with van der Waals surface area (Å²) in [6, 6.07) is 11.8. The minimum Gasteiger partial charge on any atom is -0.495 e. The molecule has 2 aromatic rings. The lowest BCUT2D eigenvalue weighted by Gasteiger charge is -2.20. The Morgan fingerprint density at radius 2 is 1.62 bits per heavy atom. The van der Waals surface area contributed by atoms with Gasteiger partial charge >= 0.3 is 0 Å². The number of nitrogens with zero attached hydrogens (tertiary/aromatic N) is 1. The standard InChI is InChI=1S/C23H30N2O3S/c1-28-22-14-18-8-2-3-9-19(18)15-23(22)29(26,27)24-16-20-10-4-5-11-21(20)17-25-12-6-7-13-25/h4-5,10-11,14-15,24H,2-3,6-9,12-13,16-17H2,1H3. The van der Waals surface area contributed by atoms with Crippen molar-refractivity contribution in [2.75, 3.05) is 20.2 Å². The summed E-state index contributed by atoms with van der Waals surface area (Å²) in [5.41, 5.74) is 4.56. The summed E-state index contributed by atoms with van der Waals surface area (Å²) in [5.74, 6) is 0.434. The van der Waals surface area contributed by atoms with Crippen molar-refractivity contribution >= 4 is 10.0 Å². The van der Waals surface area contributed by atoms with Crippen LogP contribution in [0.1, 0.15) is 47.9 Å². The molecule has 0 radical (unpaired) electrons. The molecule has 0 aromatic heterocycles. The molecule has 0 atom stereocenters. The van der Waals surface area contributed by atoms with Crippen molar-refractivity contribution in [2.24, 2.45) is 0 Å². The fourth-order valence-corrected chi connectivity index (χ4v) is 5.63. The van der Waals surface area contributed by atoms with Crippen LogP contribution >= 0.6 is 0 Å². The Labute approximate surface area is 174 Å². The van der Waals surface area contributed by atoms with Gasteiger partial charge in [-0.2, -0.15) is 0 Å². The molecule has 1 aliphatic heterocycles. The molecule has 156 valence electrons. The van der Waals surface area contributed by atoms with Gasteiger partial charge in [0.2, 0.25) is 10.0 Å². The number of ether oxygens (including phenoxy) is 1. The molecule has 0 saturated carbocycles. The summed E-state index contributed by atoms with van der Waals surface area (Å²) in [6.45, 7) is 3.39. The lowest BCUT2D eigenvalue weighted by atomic mass is 9.92. The van der Waals surface area contributed by atoms with Crippen LogP contribution in [0.25, 0.3) is 0 Å². The van der Waals surface area contributed by atoms with Gasteiger partial charge in [-0.1, -0.05) is 24.3 Å². The lowest BCUT2D eigenvalue weighted by Crippen LogP contribution is -2.26. The summed E-state index contributed by atoms with van der Waals surface area (Å²) in [5, 5.41) is 0. The van der Waals surface area contributed by atoms with Crippen molar-refractivity contribution in [1.29, 1.82) is 0 Å². The van der Waals surface area contributed by atoms with E-state index in [0.717, 1.165) is 56.4 Å². The maximum atomic E-state index is 13.1. The number of methoxy groups -OCH3 is 1. The Morgan fingerprint density at radius 3 is 2.31 bits per heavy atom. The first-order valence-electron chi connectivity index (χ1n) is 10.6. The van der Waals surface area contributed by atoms with Crippen LogP contribution in [0.15, 0.2) is 41.3 Å². The van der Waals surface area contributed by atoms with Crippen molar-refractivity contribution in [3.8, 4) is 5.75 Å². The number of rotatable bonds is 7. The van der Waals surface area contributed by atoms with Crippen molar-refractivity contribution in [1.82, 2.24) is 9.62 Å². The van der Waals surface area contributed by atoms with Crippen LogP contribution in [-0.2, 0) is 36.0 Å². The topological polar surface area (TPSA) is 58.6 Å². The van der Waals surface area contributed by atoms with Gasteiger partial charge < -0.3 is 4.74 Å². The predicted octanol–water partition coefficient (Wildman–Crippen LogP) is 3.65. The normalized spacial score (nSPS) is 17.3. The molecule has 5 nitrogen and oxygen atoms in total. The molecule has 0 unspecified atom stereocenters. The number of hydrogen-bond donors (Lipinski definition) is 1. The summed E-state index contributed by atoms with van der Waals surface area (Å²) in [7, 11) is -2.13. The van der Waals surface area contributed by atoms with Crippen LogP contribution in [0, 0.1) is 0 Å². The van der Waals surface area contributed by atoms with Gasteiger partial charge in [0.1, 0.15) is 10.6 Å². The lowest BCUT2D eigenvalue weighted by molar-refractivity contribution is 0.330. The number of nitrogens with one attached hydrogen (secondary N) is 1. The molecular formula is C23H30N2O3S. The second-order valence-corrected chi connectivity index (χ2v) is 9.79. The molecule has 6 heteroatoms. The summed E-state index contributed by atoms with van der Waals surface area (Å²) < 4.78 is 34.5. The number of aryl methyl sites for hydroxylation is 2. The van der Waals surface area contributed by atoms with Gasteiger partial charge in [-0.3, -0.25) is 4.90 Å². The van der Waals surface area contributed by atoms with E-state index in [0.29, 0.717) is 5.75 Å². The second-order valence-electron chi connectivity index (χ2n) is 8.06. The van der Waals surface area contributed by atoms with E-state index in [9.17, 15) is 8.42 Å². The molecule has 1 N–H and O–H groups in total. The molecule has 0 spiro atoms. The van der Waals surface area contributed by atoms with E-state index >= 15 is 0 Å². The zero-order valence-electron chi connectivity index (χ0n) is 17.1. The minimum atomic E-state index is -3.67. The summed E-state index contributed by atoms with van der Waals surface area (Å²) in [6.07, 6.45) is 6.66. The highest BCUT2D eigenvalue weighted by atomic mass is 32.2. The number of hydrogen-bond acceptors (Lipinski definition) is 4. The highest BCUT2D eigenvalue weighted by molar-refractivity contribution is 7.89. The SMILES string of the molecule is COc1cc2c(cc1S(=O)(=O)NCc1ccccc1CN1CCCC1)CCCC2. The number of fused-ring (bicyclic) bond motifs is 1. The molecule has 1 fully saturated rings. The maximum absolute atomic E-state index is 13.1. The smallest absolute Gasteiger partial charge is 0.244 e. The Kier molecular flexibility index (Phi) is 6.23. The molecule has 1 aliphatic carbocycles. The Bertz CT molecular complexity index is 966.